The summed E-state index contributed by atoms with van der Waals surface area (Å²) in [5.41, 5.74) is 0.778. The second-order valence-electron chi connectivity index (χ2n) is 3.41. The van der Waals surface area contributed by atoms with E-state index in [1.54, 1.807) is 0 Å². The Hall–Kier alpha value is 0. The summed E-state index contributed by atoms with van der Waals surface area (Å²) in [6.07, 6.45) is 8.79. The Morgan fingerprint density at radius 3 is 1.45 bits per heavy atom. The van der Waals surface area contributed by atoms with Crippen LogP contribution in [-0.4, -0.2) is 0 Å². The van der Waals surface area contributed by atoms with Crippen molar-refractivity contribution in [1.29, 1.82) is 0 Å². The Morgan fingerprint density at radius 1 is 0.909 bits per heavy atom. The van der Waals surface area contributed by atoms with Crippen LogP contribution in [0.25, 0.3) is 0 Å². The lowest BCUT2D eigenvalue weighted by atomic mass is 9.81. The van der Waals surface area contributed by atoms with Gasteiger partial charge in [-0.05, 0) is 18.3 Å². The van der Waals surface area contributed by atoms with Gasteiger partial charge in [-0.1, -0.05) is 53.4 Å². The van der Waals surface area contributed by atoms with Crippen LogP contribution in [0.2, 0.25) is 0 Å². The van der Waals surface area contributed by atoms with Gasteiger partial charge in [0.2, 0.25) is 0 Å². The van der Waals surface area contributed by atoms with Gasteiger partial charge < -0.3 is 0 Å². The second kappa shape index (κ2) is 5.62. The van der Waals surface area contributed by atoms with Crippen molar-refractivity contribution < 1.29 is 0 Å². The summed E-state index contributed by atoms with van der Waals surface area (Å²) in [6.45, 7) is 8.68. The summed E-state index contributed by atoms with van der Waals surface area (Å²) in [4.78, 5) is 0. The number of rotatable bonds is 2. The molecule has 0 heteroatoms. The molecule has 0 aromatic heterocycles. The maximum atomic E-state index is 2.34. The number of hydrogen-bond acceptors (Lipinski definition) is 0. The van der Waals surface area contributed by atoms with Gasteiger partial charge in [-0.25, -0.2) is 0 Å². The fraction of sp³-hybridized carbons (Fsp3) is 1.00. The van der Waals surface area contributed by atoms with E-state index in [9.17, 15) is 0 Å². The SMILES string of the molecule is CC.CCC1(CC)CCCC1. The van der Waals surface area contributed by atoms with E-state index in [1.807, 2.05) is 13.8 Å². The van der Waals surface area contributed by atoms with Crippen LogP contribution in [0.5, 0.6) is 0 Å². The molecule has 1 rings (SSSR count). The minimum Gasteiger partial charge on any atom is -0.0683 e. The molecule has 68 valence electrons. The van der Waals surface area contributed by atoms with Crippen LogP contribution in [-0.2, 0) is 0 Å². The van der Waals surface area contributed by atoms with Crippen LogP contribution in [0.15, 0.2) is 0 Å². The van der Waals surface area contributed by atoms with Crippen molar-refractivity contribution in [2.45, 2.75) is 66.2 Å². The van der Waals surface area contributed by atoms with Crippen molar-refractivity contribution in [1.82, 2.24) is 0 Å². The molecule has 1 aliphatic carbocycles. The molecule has 0 amide bonds. The highest BCUT2D eigenvalue weighted by Crippen LogP contribution is 2.43. The Balaban J connectivity index is 0.000000461. The smallest absolute Gasteiger partial charge is 0.0303 e. The van der Waals surface area contributed by atoms with Gasteiger partial charge in [0.1, 0.15) is 0 Å². The minimum absolute atomic E-state index is 0.778. The zero-order valence-electron chi connectivity index (χ0n) is 8.74. The molecular formula is C11H24. The highest BCUT2D eigenvalue weighted by atomic mass is 14.3. The second-order valence-corrected chi connectivity index (χ2v) is 3.41. The van der Waals surface area contributed by atoms with E-state index in [0.717, 1.165) is 5.41 Å². The Morgan fingerprint density at radius 2 is 1.27 bits per heavy atom. The van der Waals surface area contributed by atoms with Gasteiger partial charge in [0.05, 0.1) is 0 Å². The van der Waals surface area contributed by atoms with Crippen LogP contribution in [0.3, 0.4) is 0 Å². The van der Waals surface area contributed by atoms with Crippen LogP contribution in [0.1, 0.15) is 66.2 Å². The molecule has 1 saturated carbocycles. The molecule has 11 heavy (non-hydrogen) atoms. The standard InChI is InChI=1S/C9H18.C2H6/c1-3-9(4-2)7-5-6-8-9;1-2/h3-8H2,1-2H3;1-2H3. The first kappa shape index (κ1) is 11.0. The molecule has 0 aromatic rings. The minimum atomic E-state index is 0.778. The van der Waals surface area contributed by atoms with Crippen LogP contribution in [0, 0.1) is 5.41 Å². The first-order valence-electron chi connectivity index (χ1n) is 5.33. The topological polar surface area (TPSA) is 0 Å². The lowest BCUT2D eigenvalue weighted by molar-refractivity contribution is 0.273. The maximum absolute atomic E-state index is 2.34. The molecule has 0 aromatic carbocycles. The fourth-order valence-corrected chi connectivity index (χ4v) is 2.08. The molecule has 0 heterocycles. The van der Waals surface area contributed by atoms with Crippen LogP contribution >= 0.6 is 0 Å². The van der Waals surface area contributed by atoms with E-state index in [-0.39, 0.29) is 0 Å². The molecule has 0 N–H and O–H groups in total. The van der Waals surface area contributed by atoms with E-state index in [1.165, 1.54) is 38.5 Å². The summed E-state index contributed by atoms with van der Waals surface area (Å²) in [5, 5.41) is 0. The average Bonchev–Trinajstić information content (AvgIpc) is 2.57. The third-order valence-electron chi connectivity index (χ3n) is 3.16. The monoisotopic (exact) mass is 156 g/mol. The van der Waals surface area contributed by atoms with E-state index in [2.05, 4.69) is 13.8 Å². The summed E-state index contributed by atoms with van der Waals surface area (Å²) < 4.78 is 0. The molecule has 0 aliphatic heterocycles. The molecule has 1 fully saturated rings. The molecule has 0 spiro atoms. The fourth-order valence-electron chi connectivity index (χ4n) is 2.08. The predicted octanol–water partition coefficient (Wildman–Crippen LogP) is 4.39. The van der Waals surface area contributed by atoms with E-state index >= 15 is 0 Å². The molecule has 0 saturated heterocycles. The molecular weight excluding hydrogens is 132 g/mol. The Labute approximate surface area is 72.4 Å². The van der Waals surface area contributed by atoms with Crippen molar-refractivity contribution in [3.63, 3.8) is 0 Å². The largest absolute Gasteiger partial charge is 0.0683 e. The molecule has 0 nitrogen and oxygen atoms in total. The Bertz CT molecular complexity index is 72.0. The van der Waals surface area contributed by atoms with Crippen LogP contribution < -0.4 is 0 Å². The summed E-state index contributed by atoms with van der Waals surface area (Å²) in [5.74, 6) is 0. The third kappa shape index (κ3) is 2.84. The highest BCUT2D eigenvalue weighted by Gasteiger charge is 2.29. The first-order valence-corrected chi connectivity index (χ1v) is 5.33. The van der Waals surface area contributed by atoms with E-state index in [4.69, 9.17) is 0 Å². The normalized spacial score (nSPS) is 20.7. The number of hydrogen-bond donors (Lipinski definition) is 0. The van der Waals surface area contributed by atoms with Crippen molar-refractivity contribution in [2.75, 3.05) is 0 Å². The predicted molar refractivity (Wildman–Crippen MR) is 52.8 cm³/mol. The van der Waals surface area contributed by atoms with Crippen molar-refractivity contribution in [2.24, 2.45) is 5.41 Å². The Kier molecular flexibility index (Phi) is 5.62. The maximum Gasteiger partial charge on any atom is -0.0303 e. The zero-order valence-corrected chi connectivity index (χ0v) is 8.74. The van der Waals surface area contributed by atoms with Gasteiger partial charge in [-0.15, -0.1) is 0 Å². The van der Waals surface area contributed by atoms with E-state index < -0.39 is 0 Å². The van der Waals surface area contributed by atoms with Crippen molar-refractivity contribution >= 4 is 0 Å². The molecule has 0 radical (unpaired) electrons. The lowest BCUT2D eigenvalue weighted by Gasteiger charge is -2.24. The molecule has 0 atom stereocenters. The summed E-state index contributed by atoms with van der Waals surface area (Å²) in [7, 11) is 0. The zero-order chi connectivity index (χ0) is 8.74. The molecule has 0 bridgehead atoms. The van der Waals surface area contributed by atoms with Gasteiger partial charge in [0.25, 0.3) is 0 Å². The first-order chi connectivity index (χ1) is 5.33. The molecule has 1 aliphatic rings. The van der Waals surface area contributed by atoms with Gasteiger partial charge in [0, 0.05) is 0 Å². The highest BCUT2D eigenvalue weighted by molar-refractivity contribution is 4.81. The van der Waals surface area contributed by atoms with Crippen molar-refractivity contribution in [3.05, 3.63) is 0 Å². The third-order valence-corrected chi connectivity index (χ3v) is 3.16. The summed E-state index contributed by atoms with van der Waals surface area (Å²) >= 11 is 0. The van der Waals surface area contributed by atoms with E-state index in [0.29, 0.717) is 0 Å². The lowest BCUT2D eigenvalue weighted by Crippen LogP contribution is -2.12. The van der Waals surface area contributed by atoms with Gasteiger partial charge in [-0.2, -0.15) is 0 Å². The molecule has 0 unspecified atom stereocenters. The van der Waals surface area contributed by atoms with Crippen LogP contribution in [0.4, 0.5) is 0 Å². The average molecular weight is 156 g/mol. The van der Waals surface area contributed by atoms with Gasteiger partial charge in [0.15, 0.2) is 0 Å². The van der Waals surface area contributed by atoms with Gasteiger partial charge >= 0.3 is 0 Å². The summed E-state index contributed by atoms with van der Waals surface area (Å²) in [6, 6.07) is 0. The van der Waals surface area contributed by atoms with Crippen molar-refractivity contribution in [3.8, 4) is 0 Å². The van der Waals surface area contributed by atoms with Gasteiger partial charge in [-0.3, -0.25) is 0 Å². The quantitative estimate of drug-likeness (QED) is 0.556.